The largest absolute Gasteiger partial charge is 0.456 e. The second kappa shape index (κ2) is 6.43. The van der Waals surface area contributed by atoms with Crippen molar-refractivity contribution < 1.29 is 9.53 Å². The van der Waals surface area contributed by atoms with Gasteiger partial charge in [-0.15, -0.1) is 5.10 Å². The Morgan fingerprint density at radius 3 is 2.73 bits per heavy atom. The van der Waals surface area contributed by atoms with Crippen molar-refractivity contribution in [3.05, 3.63) is 34.8 Å². The van der Waals surface area contributed by atoms with Crippen LogP contribution in [0.4, 0.5) is 0 Å². The zero-order valence-electron chi connectivity index (χ0n) is 11.2. The maximum absolute atomic E-state index is 11.5. The molecule has 1 aliphatic rings. The zero-order valence-corrected chi connectivity index (χ0v) is 12.8. The van der Waals surface area contributed by atoms with Gasteiger partial charge in [-0.05, 0) is 12.1 Å². The van der Waals surface area contributed by atoms with Gasteiger partial charge in [-0.1, -0.05) is 23.2 Å². The zero-order chi connectivity index (χ0) is 15.5. The first-order valence-corrected chi connectivity index (χ1v) is 7.20. The van der Waals surface area contributed by atoms with E-state index in [-0.39, 0.29) is 16.4 Å². The summed E-state index contributed by atoms with van der Waals surface area (Å²) in [7, 11) is 0. The first kappa shape index (κ1) is 15.0. The molecule has 0 atom stereocenters. The van der Waals surface area contributed by atoms with Gasteiger partial charge in [0, 0.05) is 30.9 Å². The summed E-state index contributed by atoms with van der Waals surface area (Å²) in [4.78, 5) is 19.5. The molecule has 114 valence electrons. The van der Waals surface area contributed by atoms with Crippen LogP contribution >= 0.6 is 23.2 Å². The molecule has 22 heavy (non-hydrogen) atoms. The van der Waals surface area contributed by atoms with Crippen LogP contribution in [0, 0.1) is 0 Å². The molecule has 0 bridgehead atoms. The van der Waals surface area contributed by atoms with E-state index in [2.05, 4.69) is 20.4 Å². The van der Waals surface area contributed by atoms with Crippen LogP contribution in [-0.4, -0.2) is 44.9 Å². The Kier molecular flexibility index (Phi) is 4.37. The van der Waals surface area contributed by atoms with E-state index in [0.29, 0.717) is 24.5 Å². The normalized spacial score (nSPS) is 15.0. The van der Waals surface area contributed by atoms with E-state index in [9.17, 15) is 4.79 Å². The summed E-state index contributed by atoms with van der Waals surface area (Å²) in [6.45, 7) is 1.38. The van der Waals surface area contributed by atoms with E-state index in [1.54, 1.807) is 12.1 Å². The second-order valence-corrected chi connectivity index (χ2v) is 5.36. The predicted octanol–water partition coefficient (Wildman–Crippen LogP) is 1.63. The number of rotatable bonds is 4. The van der Waals surface area contributed by atoms with Crippen LogP contribution in [0.5, 0.6) is 0 Å². The van der Waals surface area contributed by atoms with Gasteiger partial charge in [0.1, 0.15) is 22.7 Å². The maximum atomic E-state index is 11.5. The molecular weight excluding hydrogens is 329 g/mol. The van der Waals surface area contributed by atoms with E-state index >= 15 is 0 Å². The van der Waals surface area contributed by atoms with Gasteiger partial charge in [-0.25, -0.2) is 19.4 Å². The quantitative estimate of drug-likeness (QED) is 0.518. The molecule has 0 aliphatic carbocycles. The number of carbonyl (C=O) groups is 1. The Bertz CT molecular complexity index is 707. The van der Waals surface area contributed by atoms with Crippen LogP contribution in [0.3, 0.4) is 0 Å². The molecule has 0 spiro atoms. The SMILES string of the molecule is O=C(/C=C\n1cnc(-c2cc(Cl)nc(Cl)c2)n1)OC1CNC1. The summed E-state index contributed by atoms with van der Waals surface area (Å²) in [5.74, 6) is 0.00552. The number of aromatic nitrogens is 4. The minimum absolute atomic E-state index is 0.0513. The molecule has 9 heteroatoms. The number of ether oxygens (including phenoxy) is 1. The third-order valence-corrected chi connectivity index (χ3v) is 3.31. The fourth-order valence-electron chi connectivity index (χ4n) is 1.76. The van der Waals surface area contributed by atoms with Crippen molar-refractivity contribution in [3.63, 3.8) is 0 Å². The predicted molar refractivity (Wildman–Crippen MR) is 81.4 cm³/mol. The molecule has 0 aromatic carbocycles. The maximum Gasteiger partial charge on any atom is 0.332 e. The number of esters is 1. The van der Waals surface area contributed by atoms with Gasteiger partial charge in [0.25, 0.3) is 0 Å². The topological polar surface area (TPSA) is 81.9 Å². The van der Waals surface area contributed by atoms with Gasteiger partial charge in [0.2, 0.25) is 0 Å². The Balaban J connectivity index is 1.69. The molecule has 0 amide bonds. The summed E-state index contributed by atoms with van der Waals surface area (Å²) >= 11 is 11.7. The van der Waals surface area contributed by atoms with Gasteiger partial charge in [-0.2, -0.15) is 0 Å². The lowest BCUT2D eigenvalue weighted by molar-refractivity contribution is -0.145. The highest BCUT2D eigenvalue weighted by molar-refractivity contribution is 6.32. The van der Waals surface area contributed by atoms with Crippen molar-refractivity contribution in [1.29, 1.82) is 0 Å². The summed E-state index contributed by atoms with van der Waals surface area (Å²) in [5.41, 5.74) is 0.639. The third kappa shape index (κ3) is 3.62. The molecule has 2 aromatic rings. The molecule has 1 fully saturated rings. The Morgan fingerprint density at radius 1 is 1.36 bits per heavy atom. The van der Waals surface area contributed by atoms with Crippen LogP contribution in [0.1, 0.15) is 0 Å². The molecule has 1 aliphatic heterocycles. The van der Waals surface area contributed by atoms with Crippen molar-refractivity contribution in [2.75, 3.05) is 13.1 Å². The average Bonchev–Trinajstić information content (AvgIpc) is 2.88. The lowest BCUT2D eigenvalue weighted by Crippen LogP contribution is -2.49. The van der Waals surface area contributed by atoms with Gasteiger partial charge in [0.05, 0.1) is 0 Å². The number of halogens is 2. The highest BCUT2D eigenvalue weighted by atomic mass is 35.5. The first-order valence-electron chi connectivity index (χ1n) is 6.44. The van der Waals surface area contributed by atoms with Crippen molar-refractivity contribution >= 4 is 35.4 Å². The standard InChI is InChI=1S/C13H11Cl2N5O2/c14-10-3-8(4-11(15)18-10)13-17-7-20(19-13)2-1-12(21)22-9-5-16-6-9/h1-4,7,9,16H,5-6H2/b2-1-. The van der Waals surface area contributed by atoms with Crippen molar-refractivity contribution in [2.24, 2.45) is 0 Å². The molecule has 2 aromatic heterocycles. The van der Waals surface area contributed by atoms with Gasteiger partial charge in [-0.3, -0.25) is 0 Å². The number of nitrogens with zero attached hydrogens (tertiary/aromatic N) is 4. The molecular formula is C13H11Cl2N5O2. The van der Waals surface area contributed by atoms with Crippen molar-refractivity contribution in [2.45, 2.75) is 6.10 Å². The van der Waals surface area contributed by atoms with Gasteiger partial charge >= 0.3 is 5.97 Å². The van der Waals surface area contributed by atoms with Crippen LogP contribution in [0.25, 0.3) is 17.6 Å². The Hall–Kier alpha value is -1.96. The summed E-state index contributed by atoms with van der Waals surface area (Å²) in [6, 6.07) is 3.21. The number of pyridine rings is 1. The molecule has 7 nitrogen and oxygen atoms in total. The lowest BCUT2D eigenvalue weighted by Gasteiger charge is -2.25. The summed E-state index contributed by atoms with van der Waals surface area (Å²) < 4.78 is 6.54. The van der Waals surface area contributed by atoms with E-state index in [0.717, 1.165) is 0 Å². The fraction of sp³-hybridized carbons (Fsp3) is 0.231. The number of hydrogen-bond acceptors (Lipinski definition) is 6. The van der Waals surface area contributed by atoms with Crippen LogP contribution in [0.15, 0.2) is 24.5 Å². The number of hydrogen-bond donors (Lipinski definition) is 1. The average molecular weight is 340 g/mol. The number of nitrogens with one attached hydrogen (secondary N) is 1. The fourth-order valence-corrected chi connectivity index (χ4v) is 2.22. The Morgan fingerprint density at radius 2 is 2.09 bits per heavy atom. The molecule has 0 radical (unpaired) electrons. The van der Waals surface area contributed by atoms with Crippen LogP contribution in [-0.2, 0) is 9.53 Å². The number of carbonyl (C=O) groups excluding carboxylic acids is 1. The van der Waals surface area contributed by atoms with Gasteiger partial charge < -0.3 is 10.1 Å². The first-order chi connectivity index (χ1) is 10.6. The molecule has 1 N–H and O–H groups in total. The lowest BCUT2D eigenvalue weighted by atomic mass is 10.2. The molecule has 3 rings (SSSR count). The van der Waals surface area contributed by atoms with E-state index in [1.165, 1.54) is 23.3 Å². The van der Waals surface area contributed by atoms with Crippen molar-refractivity contribution in [1.82, 2.24) is 25.1 Å². The monoisotopic (exact) mass is 339 g/mol. The third-order valence-electron chi connectivity index (χ3n) is 2.92. The minimum atomic E-state index is -0.418. The Labute approximate surface area is 135 Å². The molecule has 3 heterocycles. The van der Waals surface area contributed by atoms with Crippen LogP contribution in [0.2, 0.25) is 10.3 Å². The van der Waals surface area contributed by atoms with E-state index < -0.39 is 5.97 Å². The smallest absolute Gasteiger partial charge is 0.332 e. The van der Waals surface area contributed by atoms with E-state index in [4.69, 9.17) is 27.9 Å². The summed E-state index contributed by atoms with van der Waals surface area (Å²) in [6.07, 6.45) is 4.18. The molecule has 0 unspecified atom stereocenters. The van der Waals surface area contributed by atoms with Gasteiger partial charge in [0.15, 0.2) is 5.82 Å². The molecule has 1 saturated heterocycles. The minimum Gasteiger partial charge on any atom is -0.456 e. The van der Waals surface area contributed by atoms with Crippen molar-refractivity contribution in [3.8, 4) is 11.4 Å². The molecule has 0 saturated carbocycles. The highest BCUT2D eigenvalue weighted by Gasteiger charge is 2.19. The van der Waals surface area contributed by atoms with E-state index in [1.807, 2.05) is 0 Å². The summed E-state index contributed by atoms with van der Waals surface area (Å²) in [5, 5.41) is 7.73. The van der Waals surface area contributed by atoms with Crippen LogP contribution < -0.4 is 5.32 Å². The second-order valence-electron chi connectivity index (χ2n) is 4.58. The highest BCUT2D eigenvalue weighted by Crippen LogP contribution is 2.21.